The first-order valence-corrected chi connectivity index (χ1v) is 7.50. The molecule has 0 saturated heterocycles. The summed E-state index contributed by atoms with van der Waals surface area (Å²) < 4.78 is 5.60. The number of amides is 2. The fourth-order valence-electron chi connectivity index (χ4n) is 2.50. The summed E-state index contributed by atoms with van der Waals surface area (Å²) in [6, 6.07) is -1.53. The minimum absolute atomic E-state index is 0.134. The Labute approximate surface area is 130 Å². The van der Waals surface area contributed by atoms with E-state index in [-0.39, 0.29) is 17.9 Å². The van der Waals surface area contributed by atoms with Gasteiger partial charge in [-0.2, -0.15) is 0 Å². The van der Waals surface area contributed by atoms with Crippen molar-refractivity contribution in [2.24, 2.45) is 11.7 Å². The van der Waals surface area contributed by atoms with Gasteiger partial charge in [-0.1, -0.05) is 5.92 Å². The number of hydrogen-bond donors (Lipinski definition) is 4. The van der Waals surface area contributed by atoms with Gasteiger partial charge in [0.25, 0.3) is 5.91 Å². The van der Waals surface area contributed by atoms with Crippen LogP contribution in [0.5, 0.6) is 0 Å². The summed E-state index contributed by atoms with van der Waals surface area (Å²) in [7, 11) is 0. The summed E-state index contributed by atoms with van der Waals surface area (Å²) in [6.07, 6.45) is 3.11. The molecule has 0 radical (unpaired) electrons. The van der Waals surface area contributed by atoms with Gasteiger partial charge in [0.15, 0.2) is 0 Å². The molecule has 0 bridgehead atoms. The van der Waals surface area contributed by atoms with Crippen LogP contribution in [-0.2, 0) is 14.3 Å². The Balaban J connectivity index is 2.44. The maximum absolute atomic E-state index is 12.2. The number of nitrogens with two attached hydrogens (primary N) is 1. The van der Waals surface area contributed by atoms with Crippen LogP contribution in [0.15, 0.2) is 0 Å². The average molecular weight is 311 g/mol. The van der Waals surface area contributed by atoms with Gasteiger partial charge < -0.3 is 15.8 Å². The molecule has 7 nitrogen and oxygen atoms in total. The second-order valence-electron chi connectivity index (χ2n) is 5.53. The third kappa shape index (κ3) is 5.64. The third-order valence-corrected chi connectivity index (χ3v) is 3.83. The summed E-state index contributed by atoms with van der Waals surface area (Å²) in [5, 5.41) is 11.3. The van der Waals surface area contributed by atoms with Crippen molar-refractivity contribution in [1.82, 2.24) is 10.8 Å². The van der Waals surface area contributed by atoms with E-state index >= 15 is 0 Å². The molecule has 1 aliphatic rings. The number of carbonyl (C=O) groups is 2. The van der Waals surface area contributed by atoms with Gasteiger partial charge in [0.05, 0.1) is 6.10 Å². The van der Waals surface area contributed by atoms with Crippen LogP contribution in [0.25, 0.3) is 0 Å². The highest BCUT2D eigenvalue weighted by Crippen LogP contribution is 2.26. The quantitative estimate of drug-likeness (QED) is 0.311. The van der Waals surface area contributed by atoms with Crippen molar-refractivity contribution in [3.05, 3.63) is 0 Å². The SMILES string of the molecule is CC#CCOC1CCC(C(=O)N[C@H](C(=O)NO)[C@@H](C)N)CC1. The standard InChI is InChI=1S/C15H25N3O4/c1-3-4-9-22-12-7-5-11(6-8-12)14(19)17-13(10(2)16)15(20)18-21/h10-13,21H,5-9,16H2,1-2H3,(H,17,19)(H,18,20)/t10-,11?,12?,13+/m1/s1. The smallest absolute Gasteiger partial charge is 0.267 e. The van der Waals surface area contributed by atoms with Crippen LogP contribution in [-0.4, -0.2) is 41.8 Å². The molecule has 1 rings (SSSR count). The highest BCUT2D eigenvalue weighted by Gasteiger charge is 2.31. The molecular formula is C15H25N3O4. The molecule has 2 atom stereocenters. The maximum Gasteiger partial charge on any atom is 0.267 e. The van der Waals surface area contributed by atoms with Gasteiger partial charge in [-0.05, 0) is 39.5 Å². The van der Waals surface area contributed by atoms with Gasteiger partial charge in [-0.3, -0.25) is 14.8 Å². The van der Waals surface area contributed by atoms with Crippen molar-refractivity contribution in [3.63, 3.8) is 0 Å². The molecule has 0 unspecified atom stereocenters. The van der Waals surface area contributed by atoms with E-state index in [4.69, 9.17) is 15.7 Å². The molecule has 1 aliphatic carbocycles. The minimum atomic E-state index is -0.939. The van der Waals surface area contributed by atoms with Gasteiger partial charge >= 0.3 is 0 Å². The number of rotatable bonds is 6. The molecular weight excluding hydrogens is 286 g/mol. The highest BCUT2D eigenvalue weighted by molar-refractivity contribution is 5.88. The van der Waals surface area contributed by atoms with Crippen molar-refractivity contribution in [1.29, 1.82) is 0 Å². The first-order valence-electron chi connectivity index (χ1n) is 7.50. The first kappa shape index (κ1) is 18.4. The van der Waals surface area contributed by atoms with Crippen molar-refractivity contribution in [2.75, 3.05) is 6.61 Å². The molecule has 7 heteroatoms. The largest absolute Gasteiger partial charge is 0.366 e. The normalized spacial score (nSPS) is 23.6. The lowest BCUT2D eigenvalue weighted by Gasteiger charge is -2.29. The zero-order valence-electron chi connectivity index (χ0n) is 13.1. The predicted molar refractivity (Wildman–Crippen MR) is 80.7 cm³/mol. The highest BCUT2D eigenvalue weighted by atomic mass is 16.5. The minimum Gasteiger partial charge on any atom is -0.366 e. The van der Waals surface area contributed by atoms with Gasteiger partial charge in [-0.15, -0.1) is 5.92 Å². The lowest BCUT2D eigenvalue weighted by atomic mass is 9.86. The number of hydrogen-bond acceptors (Lipinski definition) is 5. The Hall–Kier alpha value is -1.62. The summed E-state index contributed by atoms with van der Waals surface area (Å²) in [5.41, 5.74) is 7.19. The van der Waals surface area contributed by atoms with E-state index in [1.807, 2.05) is 0 Å². The van der Waals surface area contributed by atoms with E-state index in [2.05, 4.69) is 17.2 Å². The van der Waals surface area contributed by atoms with Gasteiger partial charge in [0.1, 0.15) is 12.6 Å². The van der Waals surface area contributed by atoms with Crippen molar-refractivity contribution in [2.45, 2.75) is 57.7 Å². The fourth-order valence-corrected chi connectivity index (χ4v) is 2.50. The van der Waals surface area contributed by atoms with Crippen LogP contribution in [0.4, 0.5) is 0 Å². The van der Waals surface area contributed by atoms with Crippen LogP contribution < -0.4 is 16.5 Å². The van der Waals surface area contributed by atoms with Crippen LogP contribution in [0.1, 0.15) is 39.5 Å². The summed E-state index contributed by atoms with van der Waals surface area (Å²) in [6.45, 7) is 3.78. The number of nitrogens with one attached hydrogen (secondary N) is 2. The molecule has 22 heavy (non-hydrogen) atoms. The molecule has 0 aromatic rings. The number of ether oxygens (including phenoxy) is 1. The Morgan fingerprint density at radius 3 is 2.50 bits per heavy atom. The van der Waals surface area contributed by atoms with Crippen LogP contribution in [0.3, 0.4) is 0 Å². The molecule has 124 valence electrons. The Morgan fingerprint density at radius 2 is 2.00 bits per heavy atom. The maximum atomic E-state index is 12.2. The molecule has 2 amide bonds. The van der Waals surface area contributed by atoms with Crippen molar-refractivity contribution >= 4 is 11.8 Å². The summed E-state index contributed by atoms with van der Waals surface area (Å²) >= 11 is 0. The van der Waals surface area contributed by atoms with Crippen molar-refractivity contribution < 1.29 is 19.5 Å². The van der Waals surface area contributed by atoms with Crippen LogP contribution in [0, 0.1) is 17.8 Å². The predicted octanol–water partition coefficient (Wildman–Crippen LogP) is -0.0775. The van der Waals surface area contributed by atoms with E-state index in [1.54, 1.807) is 13.8 Å². The Morgan fingerprint density at radius 1 is 1.36 bits per heavy atom. The van der Waals surface area contributed by atoms with E-state index in [0.717, 1.165) is 12.8 Å². The Kier molecular flexibility index (Phi) is 7.88. The average Bonchev–Trinajstić information content (AvgIpc) is 2.52. The lowest BCUT2D eigenvalue weighted by Crippen LogP contribution is -2.56. The molecule has 1 fully saturated rings. The van der Waals surface area contributed by atoms with Crippen molar-refractivity contribution in [3.8, 4) is 11.8 Å². The number of hydroxylamine groups is 1. The summed E-state index contributed by atoms with van der Waals surface area (Å²) in [4.78, 5) is 23.7. The second kappa shape index (κ2) is 9.41. The molecule has 0 heterocycles. The van der Waals surface area contributed by atoms with Gasteiger partial charge in [0.2, 0.25) is 5.91 Å². The van der Waals surface area contributed by atoms with Crippen LogP contribution in [0.2, 0.25) is 0 Å². The van der Waals surface area contributed by atoms with E-state index < -0.39 is 18.0 Å². The zero-order valence-corrected chi connectivity index (χ0v) is 13.1. The topological polar surface area (TPSA) is 114 Å². The molecule has 0 aromatic carbocycles. The second-order valence-corrected chi connectivity index (χ2v) is 5.53. The van der Waals surface area contributed by atoms with Gasteiger partial charge in [-0.25, -0.2) is 5.48 Å². The first-order chi connectivity index (χ1) is 10.5. The van der Waals surface area contributed by atoms with Crippen LogP contribution >= 0.6 is 0 Å². The monoisotopic (exact) mass is 311 g/mol. The molecule has 5 N–H and O–H groups in total. The number of carbonyl (C=O) groups excluding carboxylic acids is 2. The zero-order chi connectivity index (χ0) is 16.5. The van der Waals surface area contributed by atoms with E-state index in [0.29, 0.717) is 19.4 Å². The van der Waals surface area contributed by atoms with E-state index in [1.165, 1.54) is 5.48 Å². The molecule has 1 saturated carbocycles. The molecule has 0 spiro atoms. The summed E-state index contributed by atoms with van der Waals surface area (Å²) in [5.74, 6) is 4.54. The third-order valence-electron chi connectivity index (χ3n) is 3.83. The van der Waals surface area contributed by atoms with Gasteiger partial charge in [0, 0.05) is 12.0 Å². The lowest BCUT2D eigenvalue weighted by molar-refractivity contribution is -0.137. The molecule has 0 aliphatic heterocycles. The molecule has 0 aromatic heterocycles. The Bertz CT molecular complexity index is 434. The fraction of sp³-hybridized carbons (Fsp3) is 0.733. The van der Waals surface area contributed by atoms with E-state index in [9.17, 15) is 9.59 Å².